The topological polar surface area (TPSA) is 21.3 Å². The third-order valence-corrected chi connectivity index (χ3v) is 3.86. The van der Waals surface area contributed by atoms with Gasteiger partial charge in [-0.1, -0.05) is 46.8 Å². The molecule has 104 valence electrons. The van der Waals surface area contributed by atoms with Crippen LogP contribution in [0.1, 0.15) is 11.1 Å². The molecule has 0 atom stereocenters. The summed E-state index contributed by atoms with van der Waals surface area (Å²) in [6.45, 7) is 7.00. The summed E-state index contributed by atoms with van der Waals surface area (Å²) in [4.78, 5) is 0. The van der Waals surface area contributed by atoms with Crippen molar-refractivity contribution in [1.82, 2.24) is 0 Å². The van der Waals surface area contributed by atoms with E-state index < -0.39 is 0 Å². The number of anilines is 1. The molecule has 0 unspecified atom stereocenters. The third kappa shape index (κ3) is 3.87. The highest BCUT2D eigenvalue weighted by atomic mass is 79.9. The van der Waals surface area contributed by atoms with Crippen molar-refractivity contribution in [3.8, 4) is 5.75 Å². The molecule has 0 amide bonds. The van der Waals surface area contributed by atoms with Gasteiger partial charge in [-0.15, -0.1) is 0 Å². The molecule has 0 fully saturated rings. The maximum Gasteiger partial charge on any atom is 0.124 e. The van der Waals surface area contributed by atoms with E-state index >= 15 is 0 Å². The Bertz CT molecular complexity index is 595. The Balaban J connectivity index is 2.06. The third-order valence-electron chi connectivity index (χ3n) is 2.97. The van der Waals surface area contributed by atoms with Gasteiger partial charge >= 0.3 is 0 Å². The fourth-order valence-corrected chi connectivity index (χ4v) is 2.14. The van der Waals surface area contributed by atoms with Crippen LogP contribution in [0, 0.1) is 6.92 Å². The lowest BCUT2D eigenvalue weighted by Crippen LogP contribution is -2.03. The van der Waals surface area contributed by atoms with Crippen molar-refractivity contribution in [3.63, 3.8) is 0 Å². The highest BCUT2D eigenvalue weighted by molar-refractivity contribution is 9.10. The molecule has 2 aromatic carbocycles. The summed E-state index contributed by atoms with van der Waals surface area (Å²) in [6, 6.07) is 14.3. The second-order valence-electron chi connectivity index (χ2n) is 4.52. The number of nitrogens with one attached hydrogen (secondary N) is 1. The SMILES string of the molecule is C=CCOc1ccccc1CNc1ccc(Br)c(C)c1. The molecule has 0 aliphatic rings. The van der Waals surface area contributed by atoms with Gasteiger partial charge in [0.1, 0.15) is 12.4 Å². The normalized spacial score (nSPS) is 10.1. The summed E-state index contributed by atoms with van der Waals surface area (Å²) in [5.41, 5.74) is 3.45. The van der Waals surface area contributed by atoms with Crippen molar-refractivity contribution in [2.75, 3.05) is 11.9 Å². The Hall–Kier alpha value is -1.74. The zero-order chi connectivity index (χ0) is 14.4. The number of benzene rings is 2. The molecule has 0 aliphatic heterocycles. The Morgan fingerprint density at radius 2 is 2.05 bits per heavy atom. The molecule has 1 N–H and O–H groups in total. The van der Waals surface area contributed by atoms with E-state index in [1.54, 1.807) is 6.08 Å². The molecule has 0 spiro atoms. The molecule has 0 bridgehead atoms. The molecule has 0 radical (unpaired) electrons. The molecule has 0 aromatic heterocycles. The summed E-state index contributed by atoms with van der Waals surface area (Å²) in [7, 11) is 0. The van der Waals surface area contributed by atoms with E-state index in [1.807, 2.05) is 18.2 Å². The van der Waals surface area contributed by atoms with E-state index in [2.05, 4.69) is 59.0 Å². The van der Waals surface area contributed by atoms with Gasteiger partial charge in [-0.05, 0) is 36.8 Å². The van der Waals surface area contributed by atoms with Crippen molar-refractivity contribution < 1.29 is 4.74 Å². The first-order valence-corrected chi connectivity index (χ1v) is 7.31. The highest BCUT2D eigenvalue weighted by Crippen LogP contribution is 2.22. The Morgan fingerprint density at radius 3 is 2.80 bits per heavy atom. The van der Waals surface area contributed by atoms with Crippen LogP contribution in [0.3, 0.4) is 0 Å². The smallest absolute Gasteiger partial charge is 0.124 e. The number of aryl methyl sites for hydroxylation is 1. The molecule has 0 heterocycles. The minimum atomic E-state index is 0.522. The van der Waals surface area contributed by atoms with Gasteiger partial charge in [-0.2, -0.15) is 0 Å². The van der Waals surface area contributed by atoms with Crippen molar-refractivity contribution in [1.29, 1.82) is 0 Å². The number of hydrogen-bond acceptors (Lipinski definition) is 2. The molecular weight excluding hydrogens is 314 g/mol. The van der Waals surface area contributed by atoms with E-state index in [-0.39, 0.29) is 0 Å². The average molecular weight is 332 g/mol. The predicted octanol–water partition coefficient (Wildman–Crippen LogP) is 4.93. The lowest BCUT2D eigenvalue weighted by Gasteiger charge is -2.12. The predicted molar refractivity (Wildman–Crippen MR) is 88.3 cm³/mol. The van der Waals surface area contributed by atoms with Gasteiger partial charge in [0.2, 0.25) is 0 Å². The number of hydrogen-bond donors (Lipinski definition) is 1. The maximum atomic E-state index is 5.65. The second-order valence-corrected chi connectivity index (χ2v) is 5.38. The number of rotatable bonds is 6. The van der Waals surface area contributed by atoms with E-state index in [9.17, 15) is 0 Å². The van der Waals surface area contributed by atoms with Gasteiger partial charge in [0.05, 0.1) is 0 Å². The Labute approximate surface area is 128 Å². The molecule has 0 saturated carbocycles. The van der Waals surface area contributed by atoms with Crippen molar-refractivity contribution in [2.24, 2.45) is 0 Å². The maximum absolute atomic E-state index is 5.65. The van der Waals surface area contributed by atoms with Crippen LogP contribution in [-0.4, -0.2) is 6.61 Å². The number of ether oxygens (including phenoxy) is 1. The standard InChI is InChI=1S/C17H18BrNO/c1-3-10-20-17-7-5-4-6-14(17)12-19-15-8-9-16(18)13(2)11-15/h3-9,11,19H,1,10,12H2,2H3. The van der Waals surface area contributed by atoms with E-state index in [1.165, 1.54) is 5.56 Å². The van der Waals surface area contributed by atoms with Gasteiger partial charge in [-0.3, -0.25) is 0 Å². The van der Waals surface area contributed by atoms with Crippen LogP contribution in [0.2, 0.25) is 0 Å². The first kappa shape index (κ1) is 14.7. The van der Waals surface area contributed by atoms with Gasteiger partial charge in [0.25, 0.3) is 0 Å². The molecule has 0 aliphatic carbocycles. The summed E-state index contributed by atoms with van der Waals surface area (Å²) in [5, 5.41) is 3.42. The van der Waals surface area contributed by atoms with Gasteiger partial charge in [-0.25, -0.2) is 0 Å². The molecule has 20 heavy (non-hydrogen) atoms. The summed E-state index contributed by atoms with van der Waals surface area (Å²) < 4.78 is 6.77. The Morgan fingerprint density at radius 1 is 1.25 bits per heavy atom. The Kier molecular flexibility index (Phi) is 5.24. The van der Waals surface area contributed by atoms with Crippen LogP contribution in [0.4, 0.5) is 5.69 Å². The first-order chi connectivity index (χ1) is 9.70. The highest BCUT2D eigenvalue weighted by Gasteiger charge is 2.03. The largest absolute Gasteiger partial charge is 0.489 e. The zero-order valence-electron chi connectivity index (χ0n) is 11.5. The summed E-state index contributed by atoms with van der Waals surface area (Å²) >= 11 is 3.51. The molecule has 0 saturated heterocycles. The lowest BCUT2D eigenvalue weighted by atomic mass is 10.2. The molecule has 2 nitrogen and oxygen atoms in total. The number of halogens is 1. The second kappa shape index (κ2) is 7.15. The molecule has 3 heteroatoms. The number of para-hydroxylation sites is 1. The van der Waals surface area contributed by atoms with E-state index in [0.717, 1.165) is 28.0 Å². The van der Waals surface area contributed by atoms with Gasteiger partial charge in [0.15, 0.2) is 0 Å². The van der Waals surface area contributed by atoms with Crippen molar-refractivity contribution in [2.45, 2.75) is 13.5 Å². The van der Waals surface area contributed by atoms with Crippen LogP contribution in [0.15, 0.2) is 59.6 Å². The minimum absolute atomic E-state index is 0.522. The van der Waals surface area contributed by atoms with Crippen molar-refractivity contribution >= 4 is 21.6 Å². The van der Waals surface area contributed by atoms with Gasteiger partial charge in [0, 0.05) is 22.3 Å². The molecular formula is C17H18BrNO. The monoisotopic (exact) mass is 331 g/mol. The van der Waals surface area contributed by atoms with Crippen LogP contribution < -0.4 is 10.1 Å². The van der Waals surface area contributed by atoms with Gasteiger partial charge < -0.3 is 10.1 Å². The van der Waals surface area contributed by atoms with E-state index in [0.29, 0.717) is 6.61 Å². The van der Waals surface area contributed by atoms with E-state index in [4.69, 9.17) is 4.74 Å². The van der Waals surface area contributed by atoms with Crippen LogP contribution in [0.25, 0.3) is 0 Å². The van der Waals surface area contributed by atoms with Crippen LogP contribution >= 0.6 is 15.9 Å². The fourth-order valence-electron chi connectivity index (χ4n) is 1.89. The average Bonchev–Trinajstić information content (AvgIpc) is 2.47. The zero-order valence-corrected chi connectivity index (χ0v) is 13.1. The summed E-state index contributed by atoms with van der Waals surface area (Å²) in [5.74, 6) is 0.897. The lowest BCUT2D eigenvalue weighted by molar-refractivity contribution is 0.359. The molecule has 2 aromatic rings. The summed E-state index contributed by atoms with van der Waals surface area (Å²) in [6.07, 6.45) is 1.75. The van der Waals surface area contributed by atoms with Crippen LogP contribution in [-0.2, 0) is 6.54 Å². The quantitative estimate of drug-likeness (QED) is 0.757. The van der Waals surface area contributed by atoms with Crippen LogP contribution in [0.5, 0.6) is 5.75 Å². The molecule has 2 rings (SSSR count). The first-order valence-electron chi connectivity index (χ1n) is 6.52. The fraction of sp³-hybridized carbons (Fsp3) is 0.176. The minimum Gasteiger partial charge on any atom is -0.489 e. The van der Waals surface area contributed by atoms with Crippen molar-refractivity contribution in [3.05, 3.63) is 70.7 Å².